The van der Waals surface area contributed by atoms with Gasteiger partial charge in [-0.2, -0.15) is 0 Å². The maximum Gasteiger partial charge on any atom is 0.222 e. The Morgan fingerprint density at radius 2 is 1.50 bits per heavy atom. The largest absolute Gasteiger partial charge is 0.490 e. The molecule has 0 atom stereocenters. The lowest BCUT2D eigenvalue weighted by molar-refractivity contribution is 0.101. The second kappa shape index (κ2) is 8.56. The number of para-hydroxylation sites is 1. The lowest BCUT2D eigenvalue weighted by atomic mass is 10.3. The van der Waals surface area contributed by atoms with Gasteiger partial charge >= 0.3 is 0 Å². The number of methoxy groups -OCH3 is 1. The average Bonchev–Trinajstić information content (AvgIpc) is 2.57. The monoisotopic (exact) mass is 301 g/mol. The van der Waals surface area contributed by atoms with E-state index in [2.05, 4.69) is 5.16 Å². The number of ether oxygens (including phenoxy) is 3. The van der Waals surface area contributed by atoms with Gasteiger partial charge in [0.25, 0.3) is 0 Å². The quantitative estimate of drug-likeness (QED) is 0.337. The van der Waals surface area contributed by atoms with E-state index in [1.54, 1.807) is 6.92 Å². The molecule has 0 aliphatic heterocycles. The van der Waals surface area contributed by atoms with Gasteiger partial charge in [0.05, 0.1) is 7.11 Å². The molecule has 2 aromatic carbocycles. The molecule has 5 heteroatoms. The smallest absolute Gasteiger partial charge is 0.222 e. The molecular formula is C17H19NO4. The van der Waals surface area contributed by atoms with E-state index in [9.17, 15) is 0 Å². The van der Waals surface area contributed by atoms with Crippen molar-refractivity contribution in [1.29, 1.82) is 0 Å². The number of nitrogens with zero attached hydrogens (tertiary/aromatic N) is 1. The number of hydrogen-bond acceptors (Lipinski definition) is 5. The van der Waals surface area contributed by atoms with Crippen molar-refractivity contribution in [3.05, 3.63) is 54.6 Å². The summed E-state index contributed by atoms with van der Waals surface area (Å²) < 4.78 is 16.1. The molecule has 5 nitrogen and oxygen atoms in total. The fourth-order valence-corrected chi connectivity index (χ4v) is 1.60. The van der Waals surface area contributed by atoms with Crippen LogP contribution in [0, 0.1) is 0 Å². The summed E-state index contributed by atoms with van der Waals surface area (Å²) in [5.41, 5.74) is 0. The summed E-state index contributed by atoms with van der Waals surface area (Å²) in [6, 6.07) is 17.0. The zero-order valence-electron chi connectivity index (χ0n) is 12.7. The highest BCUT2D eigenvalue weighted by Gasteiger charge is 1.98. The standard InChI is InChI=1S/C17H19NO4/c1-14(19-2)18-21-13-12-20-15-8-10-17(11-9-15)22-16-6-4-3-5-7-16/h3-11H,12-13H2,1-2H3. The van der Waals surface area contributed by atoms with Crippen LogP contribution in [-0.4, -0.2) is 26.2 Å². The Hall–Kier alpha value is -2.69. The van der Waals surface area contributed by atoms with Gasteiger partial charge in [0, 0.05) is 6.92 Å². The van der Waals surface area contributed by atoms with Crippen LogP contribution in [0.4, 0.5) is 0 Å². The first-order valence-corrected chi connectivity index (χ1v) is 6.94. The summed E-state index contributed by atoms with van der Waals surface area (Å²) in [6.07, 6.45) is 0. The Bertz CT molecular complexity index is 581. The van der Waals surface area contributed by atoms with E-state index in [0.717, 1.165) is 17.2 Å². The molecule has 0 radical (unpaired) electrons. The van der Waals surface area contributed by atoms with Crippen molar-refractivity contribution in [2.45, 2.75) is 6.92 Å². The van der Waals surface area contributed by atoms with Gasteiger partial charge in [-0.3, -0.25) is 0 Å². The van der Waals surface area contributed by atoms with Gasteiger partial charge in [0.1, 0.15) is 23.9 Å². The lowest BCUT2D eigenvalue weighted by Gasteiger charge is -2.08. The van der Waals surface area contributed by atoms with Crippen LogP contribution in [0.1, 0.15) is 6.92 Å². The van der Waals surface area contributed by atoms with Gasteiger partial charge in [-0.05, 0) is 36.4 Å². The third-order valence-corrected chi connectivity index (χ3v) is 2.73. The molecule has 0 unspecified atom stereocenters. The van der Waals surface area contributed by atoms with Crippen molar-refractivity contribution >= 4 is 5.90 Å². The predicted octanol–water partition coefficient (Wildman–Crippen LogP) is 3.85. The predicted molar refractivity (Wildman–Crippen MR) is 84.5 cm³/mol. The highest BCUT2D eigenvalue weighted by molar-refractivity contribution is 5.72. The number of rotatable bonds is 7. The zero-order chi connectivity index (χ0) is 15.6. The summed E-state index contributed by atoms with van der Waals surface area (Å²) >= 11 is 0. The van der Waals surface area contributed by atoms with Gasteiger partial charge < -0.3 is 19.0 Å². The Kier molecular flexibility index (Phi) is 6.11. The van der Waals surface area contributed by atoms with Crippen molar-refractivity contribution in [1.82, 2.24) is 0 Å². The molecule has 0 saturated carbocycles. The van der Waals surface area contributed by atoms with Gasteiger partial charge in [0.2, 0.25) is 5.90 Å². The van der Waals surface area contributed by atoms with E-state index < -0.39 is 0 Å². The van der Waals surface area contributed by atoms with E-state index in [1.165, 1.54) is 7.11 Å². The van der Waals surface area contributed by atoms with Crippen molar-refractivity contribution in [2.75, 3.05) is 20.3 Å². The third kappa shape index (κ3) is 5.36. The topological polar surface area (TPSA) is 49.3 Å². The molecule has 0 bridgehead atoms. The molecule has 0 aliphatic rings. The molecule has 0 fully saturated rings. The summed E-state index contributed by atoms with van der Waals surface area (Å²) in [5.74, 6) is 2.78. The molecule has 0 saturated heterocycles. The van der Waals surface area contributed by atoms with Crippen LogP contribution >= 0.6 is 0 Å². The molecule has 0 heterocycles. The van der Waals surface area contributed by atoms with Crippen LogP contribution in [0.5, 0.6) is 17.2 Å². The highest BCUT2D eigenvalue weighted by Crippen LogP contribution is 2.23. The summed E-state index contributed by atoms with van der Waals surface area (Å²) in [4.78, 5) is 5.02. The normalized spacial score (nSPS) is 10.9. The molecule has 116 valence electrons. The minimum atomic E-state index is 0.350. The molecule has 0 aromatic heterocycles. The van der Waals surface area contributed by atoms with Crippen molar-refractivity contribution < 1.29 is 19.0 Å². The fourth-order valence-electron chi connectivity index (χ4n) is 1.60. The van der Waals surface area contributed by atoms with Crippen molar-refractivity contribution in [3.8, 4) is 17.2 Å². The average molecular weight is 301 g/mol. The maximum absolute atomic E-state index is 5.70. The van der Waals surface area contributed by atoms with E-state index in [0.29, 0.717) is 19.1 Å². The molecule has 22 heavy (non-hydrogen) atoms. The van der Waals surface area contributed by atoms with Crippen molar-refractivity contribution in [2.24, 2.45) is 5.16 Å². The maximum atomic E-state index is 5.70. The van der Waals surface area contributed by atoms with E-state index in [1.807, 2.05) is 54.6 Å². The molecule has 0 aliphatic carbocycles. The van der Waals surface area contributed by atoms with Crippen molar-refractivity contribution in [3.63, 3.8) is 0 Å². The van der Waals surface area contributed by atoms with Crippen LogP contribution in [0.15, 0.2) is 59.8 Å². The fraction of sp³-hybridized carbons (Fsp3) is 0.235. The van der Waals surface area contributed by atoms with E-state index >= 15 is 0 Å². The van der Waals surface area contributed by atoms with Crippen LogP contribution < -0.4 is 9.47 Å². The summed E-state index contributed by atoms with van der Waals surface area (Å²) in [5, 5.41) is 3.73. The second-order valence-corrected chi connectivity index (χ2v) is 4.38. The Morgan fingerprint density at radius 1 is 0.864 bits per heavy atom. The van der Waals surface area contributed by atoms with Crippen LogP contribution in [0.3, 0.4) is 0 Å². The SMILES string of the molecule is COC(C)=NOCCOc1ccc(Oc2ccccc2)cc1. The minimum absolute atomic E-state index is 0.350. The van der Waals surface area contributed by atoms with Gasteiger partial charge in [-0.25, -0.2) is 0 Å². The summed E-state index contributed by atoms with van der Waals surface area (Å²) in [6.45, 7) is 2.47. The Balaban J connectivity index is 1.75. The Labute approximate surface area is 130 Å². The first-order chi connectivity index (χ1) is 10.8. The molecule has 2 rings (SSSR count). The summed E-state index contributed by atoms with van der Waals surface area (Å²) in [7, 11) is 1.54. The van der Waals surface area contributed by atoms with Crippen LogP contribution in [0.2, 0.25) is 0 Å². The first kappa shape index (κ1) is 15.7. The number of benzene rings is 2. The number of hydrogen-bond donors (Lipinski definition) is 0. The molecule has 0 amide bonds. The molecular weight excluding hydrogens is 282 g/mol. The number of oxime groups is 1. The van der Waals surface area contributed by atoms with Crippen LogP contribution in [-0.2, 0) is 9.57 Å². The molecule has 0 N–H and O–H groups in total. The minimum Gasteiger partial charge on any atom is -0.490 e. The lowest BCUT2D eigenvalue weighted by Crippen LogP contribution is -2.05. The second-order valence-electron chi connectivity index (χ2n) is 4.38. The first-order valence-electron chi connectivity index (χ1n) is 6.94. The van der Waals surface area contributed by atoms with Gasteiger partial charge in [0.15, 0.2) is 6.61 Å². The zero-order valence-corrected chi connectivity index (χ0v) is 12.7. The highest BCUT2D eigenvalue weighted by atomic mass is 16.7. The van der Waals surface area contributed by atoms with Crippen LogP contribution in [0.25, 0.3) is 0 Å². The third-order valence-electron chi connectivity index (χ3n) is 2.73. The molecule has 2 aromatic rings. The van der Waals surface area contributed by atoms with Gasteiger partial charge in [-0.15, -0.1) is 0 Å². The Morgan fingerprint density at radius 3 is 2.18 bits per heavy atom. The molecule has 0 spiro atoms. The van der Waals surface area contributed by atoms with E-state index in [4.69, 9.17) is 19.0 Å². The van der Waals surface area contributed by atoms with Gasteiger partial charge in [-0.1, -0.05) is 23.4 Å². The van der Waals surface area contributed by atoms with E-state index in [-0.39, 0.29) is 0 Å².